The molecular weight excluding hydrogens is 472 g/mol. The number of rotatable bonds is 6. The van der Waals surface area contributed by atoms with Crippen molar-refractivity contribution in [2.24, 2.45) is 0 Å². The van der Waals surface area contributed by atoms with Crippen molar-refractivity contribution in [3.8, 4) is 5.75 Å². The van der Waals surface area contributed by atoms with Gasteiger partial charge in [0.2, 0.25) is 5.44 Å². The van der Waals surface area contributed by atoms with Crippen LogP contribution in [0.2, 0.25) is 0 Å². The smallest absolute Gasteiger partial charge is 0.410 e. The highest BCUT2D eigenvalue weighted by Crippen LogP contribution is 2.63. The number of carbonyl (C=O) groups excluding carboxylic acids is 1. The van der Waals surface area contributed by atoms with Gasteiger partial charge in [-0.2, -0.15) is 0 Å². The number of hydrogen-bond donors (Lipinski definition) is 1. The van der Waals surface area contributed by atoms with Crippen molar-refractivity contribution in [3.63, 3.8) is 0 Å². The Hall–Kier alpha value is -3.10. The van der Waals surface area contributed by atoms with Crippen LogP contribution >= 0.6 is 30.5 Å². The van der Waals surface area contributed by atoms with Crippen LogP contribution in [0.1, 0.15) is 0 Å². The third-order valence-corrected chi connectivity index (χ3v) is 9.99. The minimum absolute atomic E-state index is 0.0232. The SMILES string of the molecule is O=C(NC(=C(Cl)Cl)[P+](c1ccccc1)(c1ccccc1)c1ccccc1)Oc1ccccc1. The van der Waals surface area contributed by atoms with Crippen molar-refractivity contribution < 1.29 is 9.53 Å². The number of amides is 1. The lowest BCUT2D eigenvalue weighted by Gasteiger charge is -2.29. The van der Waals surface area contributed by atoms with E-state index in [-0.39, 0.29) is 4.49 Å². The molecule has 0 aliphatic carbocycles. The Bertz CT molecular complexity index is 1130. The lowest BCUT2D eigenvalue weighted by atomic mass is 10.3. The number of halogens is 2. The molecule has 0 unspecified atom stereocenters. The van der Waals surface area contributed by atoms with E-state index in [2.05, 4.69) is 5.32 Å². The van der Waals surface area contributed by atoms with Crippen LogP contribution < -0.4 is 26.0 Å². The minimum Gasteiger partial charge on any atom is -0.410 e. The molecule has 4 rings (SSSR count). The van der Waals surface area contributed by atoms with Gasteiger partial charge in [0, 0.05) is 0 Å². The van der Waals surface area contributed by atoms with Gasteiger partial charge in [-0.25, -0.2) is 4.79 Å². The molecule has 6 heteroatoms. The molecule has 0 aliphatic rings. The van der Waals surface area contributed by atoms with Crippen molar-refractivity contribution >= 4 is 52.5 Å². The standard InChI is InChI=1S/C27H20Cl2NO2P/c28-25(29)26(30-27(31)32-21-13-5-1-6-14-21)33(22-15-7-2-8-16-22,23-17-9-3-10-18-23)24-19-11-4-12-20-24/h1-20H/p+1. The van der Waals surface area contributed by atoms with E-state index in [1.165, 1.54) is 0 Å². The van der Waals surface area contributed by atoms with Crippen LogP contribution in [0.15, 0.2) is 131 Å². The Morgan fingerprint density at radius 3 is 1.33 bits per heavy atom. The third kappa shape index (κ3) is 4.96. The molecule has 0 heterocycles. The Morgan fingerprint density at radius 1 is 0.606 bits per heavy atom. The molecule has 0 radical (unpaired) electrons. The second-order valence-electron chi connectivity index (χ2n) is 7.11. The van der Waals surface area contributed by atoms with E-state index in [1.54, 1.807) is 24.3 Å². The Morgan fingerprint density at radius 2 is 0.970 bits per heavy atom. The third-order valence-electron chi connectivity index (χ3n) is 5.12. The second kappa shape index (κ2) is 10.7. The molecule has 1 amide bonds. The zero-order valence-electron chi connectivity index (χ0n) is 17.6. The first-order valence-electron chi connectivity index (χ1n) is 10.3. The molecule has 0 aromatic heterocycles. The van der Waals surface area contributed by atoms with Gasteiger partial charge in [0.25, 0.3) is 0 Å². The second-order valence-corrected chi connectivity index (χ2v) is 11.4. The van der Waals surface area contributed by atoms with Crippen LogP contribution in [0.4, 0.5) is 4.79 Å². The fraction of sp³-hybridized carbons (Fsp3) is 0. The number of ether oxygens (including phenoxy) is 1. The molecule has 0 bridgehead atoms. The molecule has 1 N–H and O–H groups in total. The normalized spacial score (nSPS) is 10.8. The molecule has 33 heavy (non-hydrogen) atoms. The lowest BCUT2D eigenvalue weighted by molar-refractivity contribution is 0.204. The van der Waals surface area contributed by atoms with Gasteiger partial charge in [0.1, 0.15) is 21.7 Å². The molecular formula is C27H21Cl2NO2P+. The Labute approximate surface area is 204 Å². The highest BCUT2D eigenvalue weighted by molar-refractivity contribution is 7.99. The van der Waals surface area contributed by atoms with E-state index in [4.69, 9.17) is 27.9 Å². The van der Waals surface area contributed by atoms with Gasteiger partial charge in [-0.1, -0.05) is 96.0 Å². The summed E-state index contributed by atoms with van der Waals surface area (Å²) in [5.74, 6) is 0.420. The summed E-state index contributed by atoms with van der Waals surface area (Å²) in [5, 5.41) is 5.89. The van der Waals surface area contributed by atoms with Crippen molar-refractivity contribution in [1.82, 2.24) is 5.32 Å². The zero-order chi connectivity index (χ0) is 23.1. The monoisotopic (exact) mass is 492 g/mol. The average Bonchev–Trinajstić information content (AvgIpc) is 2.86. The van der Waals surface area contributed by atoms with E-state index >= 15 is 0 Å². The van der Waals surface area contributed by atoms with Crippen LogP contribution in [-0.2, 0) is 0 Å². The molecule has 0 atom stereocenters. The maximum absolute atomic E-state index is 13.0. The number of hydrogen-bond acceptors (Lipinski definition) is 2. The van der Waals surface area contributed by atoms with Crippen LogP contribution in [0.3, 0.4) is 0 Å². The lowest BCUT2D eigenvalue weighted by Crippen LogP contribution is -2.39. The summed E-state index contributed by atoms with van der Waals surface area (Å²) in [6, 6.07) is 38.8. The Kier molecular flexibility index (Phi) is 7.47. The van der Waals surface area contributed by atoms with E-state index in [1.807, 2.05) is 97.1 Å². The molecule has 0 aliphatic heterocycles. The molecule has 0 saturated heterocycles. The van der Waals surface area contributed by atoms with Crippen LogP contribution in [0.25, 0.3) is 0 Å². The van der Waals surface area contributed by atoms with Gasteiger partial charge in [0.15, 0.2) is 11.8 Å². The van der Waals surface area contributed by atoms with Gasteiger partial charge >= 0.3 is 6.09 Å². The fourth-order valence-electron chi connectivity index (χ4n) is 3.76. The van der Waals surface area contributed by atoms with Crippen molar-refractivity contribution in [3.05, 3.63) is 131 Å². The first kappa shape index (κ1) is 23.1. The van der Waals surface area contributed by atoms with Crippen LogP contribution in [0, 0.1) is 0 Å². The fourth-order valence-corrected chi connectivity index (χ4v) is 8.66. The summed E-state index contributed by atoms with van der Waals surface area (Å²) in [6.45, 7) is 0. The quantitative estimate of drug-likeness (QED) is 0.317. The summed E-state index contributed by atoms with van der Waals surface area (Å²) in [6.07, 6.45) is -0.665. The van der Waals surface area contributed by atoms with E-state index < -0.39 is 13.4 Å². The van der Waals surface area contributed by atoms with Crippen LogP contribution in [0.5, 0.6) is 5.75 Å². The number of carbonyl (C=O) groups is 1. The first-order valence-corrected chi connectivity index (χ1v) is 12.8. The molecule has 3 nitrogen and oxygen atoms in total. The Balaban J connectivity index is 1.92. The molecule has 0 fully saturated rings. The number of para-hydroxylation sites is 1. The largest absolute Gasteiger partial charge is 0.419 e. The van der Waals surface area contributed by atoms with Gasteiger partial charge in [-0.05, 0) is 48.5 Å². The number of nitrogens with one attached hydrogen (secondary N) is 1. The molecule has 0 saturated carbocycles. The highest BCUT2D eigenvalue weighted by atomic mass is 35.5. The summed E-state index contributed by atoms with van der Waals surface area (Å²) >= 11 is 13.1. The summed E-state index contributed by atoms with van der Waals surface area (Å²) in [7, 11) is -2.67. The van der Waals surface area contributed by atoms with E-state index in [9.17, 15) is 4.79 Å². The van der Waals surface area contributed by atoms with Gasteiger partial charge < -0.3 is 4.74 Å². The maximum atomic E-state index is 13.0. The number of benzene rings is 4. The van der Waals surface area contributed by atoms with Crippen LogP contribution in [-0.4, -0.2) is 6.09 Å². The van der Waals surface area contributed by atoms with E-state index in [0.717, 1.165) is 15.9 Å². The summed E-state index contributed by atoms with van der Waals surface area (Å²) in [4.78, 5) is 13.0. The minimum atomic E-state index is -2.67. The van der Waals surface area contributed by atoms with E-state index in [0.29, 0.717) is 11.2 Å². The van der Waals surface area contributed by atoms with Crippen molar-refractivity contribution in [2.75, 3.05) is 0 Å². The first-order chi connectivity index (χ1) is 16.1. The molecule has 4 aromatic carbocycles. The molecule has 164 valence electrons. The zero-order valence-corrected chi connectivity index (χ0v) is 20.0. The summed E-state index contributed by atoms with van der Waals surface area (Å²) < 4.78 is 5.49. The van der Waals surface area contributed by atoms with Gasteiger partial charge in [-0.15, -0.1) is 0 Å². The van der Waals surface area contributed by atoms with Crippen molar-refractivity contribution in [2.45, 2.75) is 0 Å². The molecule has 0 spiro atoms. The van der Waals surface area contributed by atoms with Crippen molar-refractivity contribution in [1.29, 1.82) is 0 Å². The van der Waals surface area contributed by atoms with Gasteiger partial charge in [-0.3, -0.25) is 5.32 Å². The predicted octanol–water partition coefficient (Wildman–Crippen LogP) is 6.37. The molecule has 4 aromatic rings. The summed E-state index contributed by atoms with van der Waals surface area (Å²) in [5.41, 5.74) is 0.412. The topological polar surface area (TPSA) is 38.3 Å². The highest BCUT2D eigenvalue weighted by Gasteiger charge is 2.52. The van der Waals surface area contributed by atoms with Gasteiger partial charge in [0.05, 0.1) is 0 Å². The maximum Gasteiger partial charge on any atom is 0.419 e. The average molecular weight is 493 g/mol. The predicted molar refractivity (Wildman–Crippen MR) is 139 cm³/mol.